The van der Waals surface area contributed by atoms with Gasteiger partial charge in [-0.2, -0.15) is 6.07 Å². The third kappa shape index (κ3) is 25.0. The number of allylic oxidation sites excluding steroid dienone is 1. The summed E-state index contributed by atoms with van der Waals surface area (Å²) in [5, 5.41) is 9.62. The van der Waals surface area contributed by atoms with Crippen molar-refractivity contribution in [1.82, 2.24) is 0 Å². The normalized spacial score (nSPS) is 11.5. The van der Waals surface area contributed by atoms with E-state index in [9.17, 15) is 14.7 Å². The first-order chi connectivity index (χ1) is 19.6. The van der Waals surface area contributed by atoms with Crippen molar-refractivity contribution in [3.63, 3.8) is 0 Å². The fourth-order valence-electron chi connectivity index (χ4n) is 4.00. The van der Waals surface area contributed by atoms with Crippen LogP contribution in [0.25, 0.3) is 0 Å². The molecule has 0 spiro atoms. The number of unbranched alkanes of at least 4 members (excludes halogenated alkanes) is 2. The van der Waals surface area contributed by atoms with Crippen LogP contribution in [0.15, 0.2) is 33.1 Å². The van der Waals surface area contributed by atoms with E-state index in [-0.39, 0.29) is 54.4 Å². The van der Waals surface area contributed by atoms with Gasteiger partial charge in [0.2, 0.25) is 0 Å². The summed E-state index contributed by atoms with van der Waals surface area (Å²) in [5.41, 5.74) is 3.67. The number of carbonyl (C=O) groups excluding carboxylic acids is 2. The van der Waals surface area contributed by atoms with Gasteiger partial charge in [-0.15, -0.1) is 0 Å². The van der Waals surface area contributed by atoms with Crippen LogP contribution in [-0.4, -0.2) is 61.0 Å². The number of hydrogen-bond donors (Lipinski definition) is 1. The zero-order valence-electron chi connectivity index (χ0n) is 27.4. The largest absolute Gasteiger partial charge is 1.00 e. The van der Waals surface area contributed by atoms with Gasteiger partial charge in [-0.1, -0.05) is 73.1 Å². The first-order valence-electron chi connectivity index (χ1n) is 14.7. The molecular formula is C32H53B6O6Os2. The predicted molar refractivity (Wildman–Crippen MR) is 190 cm³/mol. The van der Waals surface area contributed by atoms with Gasteiger partial charge >= 0.3 is 31.7 Å². The smallest absolute Gasteiger partial charge is 0.501 e. The van der Waals surface area contributed by atoms with Crippen molar-refractivity contribution in [3.05, 3.63) is 64.8 Å². The third-order valence-corrected chi connectivity index (χ3v) is 6.17. The molecule has 1 fully saturated rings. The Hall–Kier alpha value is -1.07. The Kier molecular flexibility index (Phi) is 35.5. The molecule has 251 valence electrons. The topological polar surface area (TPSA) is 89.9 Å². The van der Waals surface area contributed by atoms with Crippen LogP contribution in [-0.2, 0) is 66.7 Å². The predicted octanol–water partition coefficient (Wildman–Crippen LogP) is 6.51. The first-order valence-corrected chi connectivity index (χ1v) is 14.7. The molecule has 0 aromatic carbocycles. The van der Waals surface area contributed by atoms with Gasteiger partial charge < -0.3 is 18.7 Å². The van der Waals surface area contributed by atoms with Gasteiger partial charge in [-0.25, -0.2) is 6.32 Å². The number of ether oxygens (including phenoxy) is 1. The van der Waals surface area contributed by atoms with Crippen molar-refractivity contribution in [3.8, 4) is 0 Å². The number of esters is 2. The van der Waals surface area contributed by atoms with Gasteiger partial charge in [-0.3, -0.25) is 9.59 Å². The Balaban J connectivity index is -0.000000167. The van der Waals surface area contributed by atoms with Gasteiger partial charge in [0.1, 0.15) is 11.5 Å². The van der Waals surface area contributed by atoms with Crippen LogP contribution in [0.1, 0.15) is 128 Å². The molecule has 46 heavy (non-hydrogen) atoms. The van der Waals surface area contributed by atoms with Crippen LogP contribution in [0, 0.1) is 26.1 Å². The summed E-state index contributed by atoms with van der Waals surface area (Å²) in [6.45, 7) is 15.5. The summed E-state index contributed by atoms with van der Waals surface area (Å²) < 4.78 is 15.1. The SMILES string of the molecule is C.C.C=C1CC(C)C1.CC(=O)OC(C)=O.[B]B([B])[C@H](O)c1cc(C)c(CCCC)o1.[B]B([B])[CH-]c1cc(C)c(CCCC)o1.[Os+].[Os]. The molecule has 0 bridgehead atoms. The molecule has 9 radical (unpaired) electrons. The molecule has 0 saturated heterocycles. The van der Waals surface area contributed by atoms with Crippen molar-refractivity contribution < 1.29 is 67.8 Å². The van der Waals surface area contributed by atoms with E-state index in [0.717, 1.165) is 60.9 Å². The summed E-state index contributed by atoms with van der Waals surface area (Å²) in [5.74, 6) is 3.04. The Morgan fingerprint density at radius 3 is 1.72 bits per heavy atom. The van der Waals surface area contributed by atoms with E-state index >= 15 is 0 Å². The standard InChI is InChI=1S/C10H15B3O2.C10H14B3O.C6H10.C4H6O3.2CH4.2Os/c1-3-4-5-8-7(2)6-9(15-8)10(14)13(11)12;1-3-4-5-10-8(2)6-9(14-10)7-13(11)12;1-5-3-6(2)4-5;1-3(5)7-4(2)6;;;;/h6,10,14H,3-5H2,1-2H3;6-7H,3-5H2,1-2H3;6H,1,3-4H2,2H3;1-2H3;2*1H4;;/q;-1;;;;;;+1/t10-;;;;;;;/m1......./s1. The molecule has 14 heteroatoms. The first kappa shape index (κ1) is 54.4. The maximum atomic E-state index is 9.81. The molecule has 1 atom stereocenters. The van der Waals surface area contributed by atoms with Crippen LogP contribution >= 0.6 is 0 Å². The summed E-state index contributed by atoms with van der Waals surface area (Å²) in [7, 11) is 21.7. The van der Waals surface area contributed by atoms with E-state index < -0.39 is 30.9 Å². The average Bonchev–Trinajstić information content (AvgIpc) is 3.40. The zero-order valence-corrected chi connectivity index (χ0v) is 32.5. The zero-order chi connectivity index (χ0) is 32.4. The molecule has 2 aromatic rings. The van der Waals surface area contributed by atoms with E-state index in [0.29, 0.717) is 5.76 Å². The fourth-order valence-corrected chi connectivity index (χ4v) is 4.00. The van der Waals surface area contributed by atoms with Gasteiger partial charge in [0, 0.05) is 62.0 Å². The third-order valence-electron chi connectivity index (χ3n) is 6.17. The number of rotatable bonds is 10. The molecule has 6 nitrogen and oxygen atoms in total. The molecular weight excluding hydrogens is 926 g/mol. The molecule has 1 aliphatic carbocycles. The average molecular weight is 979 g/mol. The Morgan fingerprint density at radius 2 is 1.41 bits per heavy atom. The van der Waals surface area contributed by atoms with Crippen LogP contribution in [0.4, 0.5) is 0 Å². The van der Waals surface area contributed by atoms with E-state index in [4.69, 9.17) is 39.8 Å². The number of carbonyl (C=O) groups is 2. The van der Waals surface area contributed by atoms with Gasteiger partial charge in [-0.05, 0) is 77.9 Å². The molecule has 0 aliphatic heterocycles. The monoisotopic (exact) mass is 983 g/mol. The van der Waals surface area contributed by atoms with Crippen molar-refractivity contribution in [2.24, 2.45) is 5.92 Å². The molecule has 0 amide bonds. The molecule has 1 saturated carbocycles. The Bertz CT molecular complexity index is 1070. The molecule has 1 N–H and O–H groups in total. The second-order valence-electron chi connectivity index (χ2n) is 10.8. The quantitative estimate of drug-likeness (QED) is 0.0962. The van der Waals surface area contributed by atoms with Crippen LogP contribution in [0.5, 0.6) is 0 Å². The van der Waals surface area contributed by atoms with Gasteiger partial charge in [0.05, 0.1) is 18.3 Å². The van der Waals surface area contributed by atoms with E-state index in [1.54, 1.807) is 6.32 Å². The van der Waals surface area contributed by atoms with E-state index in [2.05, 4.69) is 32.1 Å². The number of furan rings is 2. The minimum atomic E-state index is -0.918. The maximum absolute atomic E-state index is 9.81. The van der Waals surface area contributed by atoms with Gasteiger partial charge in [0.25, 0.3) is 0 Å². The van der Waals surface area contributed by atoms with Gasteiger partial charge in [0.15, 0.2) is 0 Å². The number of aliphatic hydroxyl groups excluding tert-OH is 1. The molecule has 1 aliphatic rings. The minimum absolute atomic E-state index is 0. The maximum Gasteiger partial charge on any atom is 1.00 e. The van der Waals surface area contributed by atoms with Crippen molar-refractivity contribution in [1.29, 1.82) is 0 Å². The van der Waals surface area contributed by atoms with Crippen LogP contribution in [0.3, 0.4) is 0 Å². The van der Waals surface area contributed by atoms with E-state index in [1.807, 2.05) is 26.0 Å². The molecule has 3 rings (SSSR count). The molecule has 0 unspecified atom stereocenters. The fraction of sp³-hybridized carbons (Fsp3) is 0.594. The summed E-state index contributed by atoms with van der Waals surface area (Å²) in [4.78, 5) is 19.6. The summed E-state index contributed by atoms with van der Waals surface area (Å²) in [6, 6.07) is 2.87. The second kappa shape index (κ2) is 30.0. The minimum Gasteiger partial charge on any atom is -0.501 e. The number of aliphatic hydroxyl groups is 1. The van der Waals surface area contributed by atoms with Crippen molar-refractivity contribution in [2.75, 3.05) is 0 Å². The number of hydrogen-bond acceptors (Lipinski definition) is 6. The number of aryl methyl sites for hydroxylation is 4. The Labute approximate surface area is 313 Å². The van der Waals surface area contributed by atoms with E-state index in [1.165, 1.54) is 44.2 Å². The summed E-state index contributed by atoms with van der Waals surface area (Å²) in [6.07, 6.45) is 10.7. The summed E-state index contributed by atoms with van der Waals surface area (Å²) >= 11 is 0. The van der Waals surface area contributed by atoms with Crippen molar-refractivity contribution in [2.45, 2.75) is 121 Å². The van der Waals surface area contributed by atoms with Crippen molar-refractivity contribution >= 4 is 55.9 Å². The van der Waals surface area contributed by atoms with Crippen LogP contribution in [0.2, 0.25) is 0 Å². The second-order valence-corrected chi connectivity index (χ2v) is 10.8. The Morgan fingerprint density at radius 1 is 0.978 bits per heavy atom. The molecule has 2 heterocycles. The molecule has 2 aromatic heterocycles. The van der Waals surface area contributed by atoms with Crippen LogP contribution < -0.4 is 0 Å².